The standard InChI is InChI=1S/C26H26F2N4O4/c1-35-19-5-2-16(3-6-19)23-13-32-15-29-24(22(32)14-36-23)26(34)31-10-8-17(9-11-31)25(33)30-18-4-7-20(27)21(28)12-18/h2-7,12,15,17,23H,8-11,13-14H2,1H3,(H,30,33)/t23-/m1/s1. The second-order valence-electron chi connectivity index (χ2n) is 8.95. The van der Waals surface area contributed by atoms with Crippen LogP contribution in [0.25, 0.3) is 0 Å². The van der Waals surface area contributed by atoms with Crippen LogP contribution in [0.1, 0.15) is 40.7 Å². The molecule has 2 aliphatic rings. The van der Waals surface area contributed by atoms with Crippen molar-refractivity contribution in [3.63, 3.8) is 0 Å². The summed E-state index contributed by atoms with van der Waals surface area (Å²) < 4.78 is 39.7. The Kier molecular flexibility index (Phi) is 6.69. The van der Waals surface area contributed by atoms with E-state index in [1.807, 2.05) is 28.8 Å². The molecular weight excluding hydrogens is 470 g/mol. The summed E-state index contributed by atoms with van der Waals surface area (Å²) in [6, 6.07) is 10.9. The largest absolute Gasteiger partial charge is 0.497 e. The van der Waals surface area contributed by atoms with Crippen LogP contribution in [0.3, 0.4) is 0 Å². The maximum atomic E-state index is 13.4. The molecule has 1 saturated heterocycles. The van der Waals surface area contributed by atoms with Gasteiger partial charge in [-0.25, -0.2) is 13.8 Å². The van der Waals surface area contributed by atoms with Crippen LogP contribution in [0.5, 0.6) is 5.75 Å². The molecule has 8 nitrogen and oxygen atoms in total. The predicted molar refractivity (Wildman–Crippen MR) is 126 cm³/mol. The van der Waals surface area contributed by atoms with Crippen molar-refractivity contribution in [2.24, 2.45) is 5.92 Å². The number of piperidine rings is 1. The number of nitrogens with zero attached hydrogens (tertiary/aromatic N) is 3. The smallest absolute Gasteiger partial charge is 0.274 e. The number of carbonyl (C=O) groups is 2. The van der Waals surface area contributed by atoms with E-state index in [1.165, 1.54) is 6.07 Å². The Morgan fingerprint density at radius 1 is 1.08 bits per heavy atom. The molecule has 10 heteroatoms. The van der Waals surface area contributed by atoms with Gasteiger partial charge in [0.05, 0.1) is 32.3 Å². The molecule has 1 aromatic heterocycles. The van der Waals surface area contributed by atoms with Crippen molar-refractivity contribution in [2.75, 3.05) is 25.5 Å². The van der Waals surface area contributed by atoms with Gasteiger partial charge in [-0.2, -0.15) is 0 Å². The molecule has 0 saturated carbocycles. The van der Waals surface area contributed by atoms with Gasteiger partial charge in [-0.15, -0.1) is 0 Å². The van der Waals surface area contributed by atoms with Crippen LogP contribution in [0.4, 0.5) is 14.5 Å². The van der Waals surface area contributed by atoms with Crippen molar-refractivity contribution >= 4 is 17.5 Å². The maximum absolute atomic E-state index is 13.4. The molecule has 0 spiro atoms. The highest BCUT2D eigenvalue weighted by atomic mass is 19.2. The van der Waals surface area contributed by atoms with Gasteiger partial charge in [0.25, 0.3) is 5.91 Å². The monoisotopic (exact) mass is 496 g/mol. The zero-order valence-corrected chi connectivity index (χ0v) is 19.7. The summed E-state index contributed by atoms with van der Waals surface area (Å²) in [6.07, 6.45) is 2.45. The molecule has 3 aromatic rings. The van der Waals surface area contributed by atoms with E-state index in [0.717, 1.165) is 29.1 Å². The molecule has 3 heterocycles. The Balaban J connectivity index is 1.18. The number of anilines is 1. The number of benzene rings is 2. The number of amides is 2. The lowest BCUT2D eigenvalue weighted by atomic mass is 9.95. The molecule has 0 radical (unpaired) electrons. The number of halogens is 2. The topological polar surface area (TPSA) is 85.7 Å². The van der Waals surface area contributed by atoms with Gasteiger partial charge in [-0.1, -0.05) is 12.1 Å². The molecule has 5 rings (SSSR count). The van der Waals surface area contributed by atoms with Crippen LogP contribution in [0.15, 0.2) is 48.8 Å². The maximum Gasteiger partial charge on any atom is 0.274 e. The van der Waals surface area contributed by atoms with Crippen LogP contribution < -0.4 is 10.1 Å². The molecule has 1 fully saturated rings. The average Bonchev–Trinajstić information content (AvgIpc) is 3.34. The Labute approximate surface area is 206 Å². The van der Waals surface area contributed by atoms with Crippen LogP contribution >= 0.6 is 0 Å². The van der Waals surface area contributed by atoms with Gasteiger partial charge >= 0.3 is 0 Å². The number of methoxy groups -OCH3 is 1. The Hall–Kier alpha value is -3.79. The van der Waals surface area contributed by atoms with E-state index < -0.39 is 11.6 Å². The lowest BCUT2D eigenvalue weighted by Crippen LogP contribution is -2.42. The van der Waals surface area contributed by atoms with Crippen molar-refractivity contribution in [1.29, 1.82) is 0 Å². The lowest BCUT2D eigenvalue weighted by Gasteiger charge is -2.31. The fourth-order valence-corrected chi connectivity index (χ4v) is 4.64. The van der Waals surface area contributed by atoms with Gasteiger partial charge in [0, 0.05) is 30.8 Å². The number of carbonyl (C=O) groups excluding carboxylic acids is 2. The summed E-state index contributed by atoms with van der Waals surface area (Å²) in [5.41, 5.74) is 2.33. The predicted octanol–water partition coefficient (Wildman–Crippen LogP) is 3.93. The quantitative estimate of drug-likeness (QED) is 0.579. The third kappa shape index (κ3) is 4.81. The average molecular weight is 497 g/mol. The first-order valence-corrected chi connectivity index (χ1v) is 11.8. The van der Waals surface area contributed by atoms with E-state index in [2.05, 4.69) is 10.3 Å². The molecule has 1 N–H and O–H groups in total. The van der Waals surface area contributed by atoms with Crippen molar-refractivity contribution < 1.29 is 27.8 Å². The zero-order valence-electron chi connectivity index (χ0n) is 19.7. The van der Waals surface area contributed by atoms with Crippen molar-refractivity contribution in [3.05, 3.63) is 77.4 Å². The zero-order chi connectivity index (χ0) is 25.2. The molecule has 188 valence electrons. The van der Waals surface area contributed by atoms with Gasteiger partial charge in [0.2, 0.25) is 5.91 Å². The number of fused-ring (bicyclic) bond motifs is 1. The summed E-state index contributed by atoms with van der Waals surface area (Å²) >= 11 is 0. The summed E-state index contributed by atoms with van der Waals surface area (Å²) in [5.74, 6) is -2.00. The number of likely N-dealkylation sites (tertiary alicyclic amines) is 1. The third-order valence-corrected chi connectivity index (χ3v) is 6.76. The first kappa shape index (κ1) is 23.9. The minimum atomic E-state index is -1.02. The van der Waals surface area contributed by atoms with E-state index in [9.17, 15) is 18.4 Å². The number of rotatable bonds is 5. The third-order valence-electron chi connectivity index (χ3n) is 6.76. The number of nitrogens with one attached hydrogen (secondary N) is 1. The van der Waals surface area contributed by atoms with Crippen molar-refractivity contribution in [2.45, 2.75) is 32.1 Å². The van der Waals surface area contributed by atoms with Crippen LogP contribution in [-0.4, -0.2) is 46.5 Å². The Morgan fingerprint density at radius 3 is 2.53 bits per heavy atom. The number of hydrogen-bond acceptors (Lipinski definition) is 5. The van der Waals surface area contributed by atoms with Gasteiger partial charge in [0.15, 0.2) is 17.3 Å². The number of hydrogen-bond donors (Lipinski definition) is 1. The first-order chi connectivity index (χ1) is 17.4. The Morgan fingerprint density at radius 2 is 1.83 bits per heavy atom. The minimum Gasteiger partial charge on any atom is -0.497 e. The molecule has 0 aliphatic carbocycles. The van der Waals surface area contributed by atoms with Crippen LogP contribution in [0, 0.1) is 17.6 Å². The fourth-order valence-electron chi connectivity index (χ4n) is 4.64. The molecule has 2 amide bonds. The SMILES string of the molecule is COc1ccc([C@H]2Cn3cnc(C(=O)N4CCC(C(=O)Nc5ccc(F)c(F)c5)CC4)c3CO2)cc1. The molecule has 2 aliphatic heterocycles. The molecule has 36 heavy (non-hydrogen) atoms. The second kappa shape index (κ2) is 10.1. The molecule has 1 atom stereocenters. The highest BCUT2D eigenvalue weighted by Gasteiger charge is 2.32. The van der Waals surface area contributed by atoms with E-state index in [4.69, 9.17) is 9.47 Å². The number of ether oxygens (including phenoxy) is 2. The molecule has 2 aromatic carbocycles. The molecular formula is C26H26F2N4O4. The van der Waals surface area contributed by atoms with Gasteiger partial charge in [-0.05, 0) is 42.7 Å². The lowest BCUT2D eigenvalue weighted by molar-refractivity contribution is -0.121. The van der Waals surface area contributed by atoms with E-state index in [0.29, 0.717) is 38.2 Å². The fraction of sp³-hybridized carbons (Fsp3) is 0.346. The Bertz CT molecular complexity index is 1270. The summed E-state index contributed by atoms with van der Waals surface area (Å²) in [7, 11) is 1.62. The van der Waals surface area contributed by atoms with Gasteiger partial charge in [0.1, 0.15) is 11.9 Å². The number of aromatic nitrogens is 2. The van der Waals surface area contributed by atoms with Gasteiger partial charge < -0.3 is 24.3 Å². The first-order valence-electron chi connectivity index (χ1n) is 11.8. The van der Waals surface area contributed by atoms with Crippen LogP contribution in [-0.2, 0) is 22.7 Å². The summed E-state index contributed by atoms with van der Waals surface area (Å²) in [5, 5.41) is 2.63. The normalized spacial score (nSPS) is 18.0. The summed E-state index contributed by atoms with van der Waals surface area (Å²) in [4.78, 5) is 31.8. The van der Waals surface area contributed by atoms with Gasteiger partial charge in [-0.3, -0.25) is 9.59 Å². The highest BCUT2D eigenvalue weighted by molar-refractivity contribution is 5.95. The van der Waals surface area contributed by atoms with E-state index in [1.54, 1.807) is 18.3 Å². The summed E-state index contributed by atoms with van der Waals surface area (Å²) in [6.45, 7) is 1.62. The molecule has 0 bridgehead atoms. The molecule has 0 unspecified atom stereocenters. The van der Waals surface area contributed by atoms with E-state index in [-0.39, 0.29) is 36.1 Å². The number of imidazole rings is 1. The second-order valence-corrected chi connectivity index (χ2v) is 8.95. The minimum absolute atomic E-state index is 0.149. The highest BCUT2D eigenvalue weighted by Crippen LogP contribution is 2.30. The van der Waals surface area contributed by atoms with Crippen molar-refractivity contribution in [1.82, 2.24) is 14.5 Å². The van der Waals surface area contributed by atoms with Crippen LogP contribution in [0.2, 0.25) is 0 Å². The van der Waals surface area contributed by atoms with E-state index >= 15 is 0 Å². The van der Waals surface area contributed by atoms with Crippen molar-refractivity contribution in [3.8, 4) is 5.75 Å².